The Hall–Kier alpha value is -15.3. The Morgan fingerprint density at radius 2 is 0.647 bits per heavy atom. The standard InChI is InChI=1S/C24H22N6O.C23H19FN6O.C23H20N6O.C20H20N6O/c1-14-7-4-5-10-18(14)30-19(11-17-9-6-8-15(2)20(17)24(30)31)16(3)29-23-21-22(26-12-25-21)27-13-28-23;1-13-6-5-7-15-10-18(14(2)29-22-20-21(26-11-25-20)27-12-28-22)30(23(31)19(13)15)17-9-4-3-8-16(17)24;1-14-7-6-8-16-11-18(29(23(30)19(14)16)17-9-4-3-5-10-17)15(2)28-22-20-21(25-12-24-20)26-13-27-22;1-11-4-3-5-13-8-15(26(14-6-7-14)20(27)16(11)13)12(2)25-19-17-18(22-9-21-17)23-10-24-19/h4-13,16H,1-3H3,(H2,25,26,27,28,29);3-12,14H,1-2H3,(H2,25,26,27,28,29);3-13,15H,1-2H3,(H2,24,25,26,27,28);3-5,8-10,12,14H,6-7H2,1-2H3,(H2,21,22,23,24,25). The van der Waals surface area contributed by atoms with Crippen molar-refractivity contribution in [3.63, 3.8) is 0 Å². The van der Waals surface area contributed by atoms with Gasteiger partial charge >= 0.3 is 0 Å². The Balaban J connectivity index is 0.000000114. The third-order valence-corrected chi connectivity index (χ3v) is 21.6. The van der Waals surface area contributed by atoms with E-state index in [1.807, 2.05) is 198 Å². The molecule has 1 fully saturated rings. The van der Waals surface area contributed by atoms with Crippen LogP contribution in [0.1, 0.15) is 121 Å². The number of fused-ring (bicyclic) bond motifs is 8. The van der Waals surface area contributed by atoms with Crippen molar-refractivity contribution in [2.45, 2.75) is 105 Å². The van der Waals surface area contributed by atoms with Crippen molar-refractivity contribution in [2.75, 3.05) is 21.3 Å². The minimum absolute atomic E-state index is 0.0251. The molecule has 0 bridgehead atoms. The fourth-order valence-corrected chi connectivity index (χ4v) is 15.6. The molecule has 0 spiro atoms. The molecule has 28 nitrogen and oxygen atoms in total. The highest BCUT2D eigenvalue weighted by molar-refractivity contribution is 5.91. The molecule has 4 atom stereocenters. The lowest BCUT2D eigenvalue weighted by Gasteiger charge is -2.22. The zero-order chi connectivity index (χ0) is 82.3. The summed E-state index contributed by atoms with van der Waals surface area (Å²) in [5.74, 6) is 2.05. The van der Waals surface area contributed by atoms with E-state index >= 15 is 0 Å². The number of rotatable bonds is 16. The van der Waals surface area contributed by atoms with Gasteiger partial charge in [0.2, 0.25) is 0 Å². The van der Waals surface area contributed by atoms with E-state index in [9.17, 15) is 23.6 Å². The molecule has 19 aromatic rings. The van der Waals surface area contributed by atoms with Gasteiger partial charge < -0.3 is 45.8 Å². The molecule has 12 heterocycles. The third-order valence-electron chi connectivity index (χ3n) is 21.6. The number of aryl methyl sites for hydroxylation is 5. The lowest BCUT2D eigenvalue weighted by atomic mass is 10.0. The van der Waals surface area contributed by atoms with E-state index < -0.39 is 5.82 Å². The molecular weight excluding hydrogens is 1500 g/mol. The Morgan fingerprint density at radius 1 is 0.336 bits per heavy atom. The zero-order valence-corrected chi connectivity index (χ0v) is 66.3. The summed E-state index contributed by atoms with van der Waals surface area (Å²) in [6.07, 6.45) is 14.3. The van der Waals surface area contributed by atoms with Gasteiger partial charge in [0.15, 0.2) is 45.9 Å². The summed E-state index contributed by atoms with van der Waals surface area (Å²) in [5, 5.41) is 20.1. The zero-order valence-electron chi connectivity index (χ0n) is 66.3. The van der Waals surface area contributed by atoms with E-state index in [-0.39, 0.29) is 52.1 Å². The van der Waals surface area contributed by atoms with Crippen molar-refractivity contribution in [2.24, 2.45) is 0 Å². The number of benzene rings is 7. The maximum absolute atomic E-state index is 14.8. The fourth-order valence-electron chi connectivity index (χ4n) is 15.6. The highest BCUT2D eigenvalue weighted by atomic mass is 19.1. The molecule has 0 amide bonds. The van der Waals surface area contributed by atoms with E-state index in [1.165, 1.54) is 35.9 Å². The first-order valence-corrected chi connectivity index (χ1v) is 38.9. The summed E-state index contributed by atoms with van der Waals surface area (Å²) in [4.78, 5) is 117. The summed E-state index contributed by atoms with van der Waals surface area (Å²) in [5.41, 5.74) is 15.0. The first-order chi connectivity index (χ1) is 57.8. The van der Waals surface area contributed by atoms with Crippen LogP contribution in [0.2, 0.25) is 0 Å². The van der Waals surface area contributed by atoms with Crippen LogP contribution in [-0.4, -0.2) is 98.0 Å². The van der Waals surface area contributed by atoms with E-state index in [0.717, 1.165) is 123 Å². The Morgan fingerprint density at radius 3 is 1.03 bits per heavy atom. The average Bonchev–Trinajstić information content (AvgIpc) is 1.03. The van der Waals surface area contributed by atoms with Crippen molar-refractivity contribution in [3.05, 3.63) is 324 Å². The molecule has 4 unspecified atom stereocenters. The number of aromatic nitrogens is 20. The van der Waals surface area contributed by atoms with Crippen LogP contribution in [0.25, 0.3) is 105 Å². The molecule has 8 N–H and O–H groups in total. The van der Waals surface area contributed by atoms with Gasteiger partial charge in [-0.1, -0.05) is 121 Å². The second-order valence-corrected chi connectivity index (χ2v) is 29.6. The smallest absolute Gasteiger partial charge is 0.263 e. The quantitative estimate of drug-likeness (QED) is 0.0445. The number of anilines is 4. The molecule has 1 saturated carbocycles. The van der Waals surface area contributed by atoms with E-state index in [2.05, 4.69) is 126 Å². The summed E-state index contributed by atoms with van der Waals surface area (Å²) < 4.78 is 21.8. The minimum Gasteiger partial charge on any atom is -0.360 e. The van der Waals surface area contributed by atoms with Gasteiger partial charge in [-0.25, -0.2) is 64.2 Å². The largest absolute Gasteiger partial charge is 0.360 e. The maximum Gasteiger partial charge on any atom is 0.263 e. The van der Waals surface area contributed by atoms with E-state index in [4.69, 9.17) is 0 Å². The normalized spacial score (nSPS) is 13.0. The molecule has 0 radical (unpaired) electrons. The molecule has 0 aliphatic heterocycles. The first-order valence-electron chi connectivity index (χ1n) is 38.9. The van der Waals surface area contributed by atoms with Crippen LogP contribution >= 0.6 is 0 Å². The Labute approximate surface area is 678 Å². The van der Waals surface area contributed by atoms with Gasteiger partial charge in [0, 0.05) is 34.5 Å². The van der Waals surface area contributed by atoms with Gasteiger partial charge in [-0.3, -0.25) is 32.9 Å². The molecule has 12 aromatic heterocycles. The number of nitrogens with one attached hydrogen (secondary N) is 8. The number of imidazole rings is 4. The summed E-state index contributed by atoms with van der Waals surface area (Å²) in [6, 6.07) is 55.1. The summed E-state index contributed by atoms with van der Waals surface area (Å²) in [7, 11) is 0. The van der Waals surface area contributed by atoms with Gasteiger partial charge in [-0.15, -0.1) is 0 Å². The Bertz CT molecular complexity index is 7120. The lowest BCUT2D eigenvalue weighted by molar-refractivity contribution is 0.611. The second-order valence-electron chi connectivity index (χ2n) is 29.6. The molecule has 20 rings (SSSR count). The van der Waals surface area contributed by atoms with Crippen molar-refractivity contribution in [1.82, 2.24) is 98.0 Å². The average molecular weight is 1580 g/mol. The van der Waals surface area contributed by atoms with Crippen LogP contribution in [0.4, 0.5) is 27.7 Å². The number of aromatic amines is 4. The highest BCUT2D eigenvalue weighted by Gasteiger charge is 2.31. The highest BCUT2D eigenvalue weighted by Crippen LogP contribution is 2.39. The maximum atomic E-state index is 14.8. The SMILES string of the molecule is Cc1cccc2cc(C(C)Nc3ncnc4nc[nH]c34)n(-c3ccccc3)c(=O)c12.Cc1cccc2cc(C(C)Nc3ncnc4nc[nH]c34)n(-c3ccccc3F)c(=O)c12.Cc1cccc2cc(C(C)Nc3ncnc4nc[nH]c34)n(C3CC3)c(=O)c12.Cc1ccccc1-n1c(C(C)Nc2ncnc3nc[nH]c23)cc2cccc(C)c2c1=O. The van der Waals surface area contributed by atoms with Gasteiger partial charge in [0.25, 0.3) is 22.2 Å². The van der Waals surface area contributed by atoms with Crippen molar-refractivity contribution >= 4 is 111 Å². The van der Waals surface area contributed by atoms with Gasteiger partial charge in [-0.2, -0.15) is 0 Å². The molecular formula is C90H81FN24O4. The van der Waals surface area contributed by atoms with Crippen LogP contribution in [-0.2, 0) is 0 Å². The topological polar surface area (TPSA) is 354 Å². The molecule has 7 aromatic carbocycles. The molecule has 0 saturated heterocycles. The van der Waals surface area contributed by atoms with Gasteiger partial charge in [-0.05, 0) is 179 Å². The van der Waals surface area contributed by atoms with Crippen LogP contribution in [0.5, 0.6) is 0 Å². The van der Waals surface area contributed by atoms with E-state index in [0.29, 0.717) is 68.5 Å². The number of para-hydroxylation sites is 3. The number of hydrogen-bond donors (Lipinski definition) is 8. The molecule has 1 aliphatic carbocycles. The lowest BCUT2D eigenvalue weighted by Crippen LogP contribution is -2.26. The second kappa shape index (κ2) is 32.2. The fraction of sp³-hybridized carbons (Fsp3) is 0.178. The van der Waals surface area contributed by atoms with Crippen LogP contribution in [0.15, 0.2) is 246 Å². The predicted molar refractivity (Wildman–Crippen MR) is 464 cm³/mol. The molecule has 1 aliphatic rings. The van der Waals surface area contributed by atoms with Crippen LogP contribution in [0.3, 0.4) is 0 Å². The number of halogens is 1. The minimum atomic E-state index is -0.469. The number of pyridine rings is 4. The number of nitrogens with zero attached hydrogens (tertiary/aromatic N) is 16. The monoisotopic (exact) mass is 1580 g/mol. The number of H-pyrrole nitrogens is 4. The van der Waals surface area contributed by atoms with Crippen LogP contribution < -0.4 is 43.5 Å². The number of hydrogen-bond acceptors (Lipinski definition) is 20. The molecule has 592 valence electrons. The van der Waals surface area contributed by atoms with Gasteiger partial charge in [0.05, 0.1) is 82.4 Å². The first kappa shape index (κ1) is 76.3. The van der Waals surface area contributed by atoms with Crippen molar-refractivity contribution in [1.29, 1.82) is 0 Å². The predicted octanol–water partition coefficient (Wildman–Crippen LogP) is 16.3. The Kier molecular flexibility index (Phi) is 20.6. The van der Waals surface area contributed by atoms with E-state index in [1.54, 1.807) is 48.1 Å². The molecule has 119 heavy (non-hydrogen) atoms. The summed E-state index contributed by atoms with van der Waals surface area (Å²) >= 11 is 0. The summed E-state index contributed by atoms with van der Waals surface area (Å²) in [6.45, 7) is 17.8. The van der Waals surface area contributed by atoms with Crippen molar-refractivity contribution < 1.29 is 4.39 Å². The van der Waals surface area contributed by atoms with Crippen molar-refractivity contribution in [3.8, 4) is 17.1 Å². The van der Waals surface area contributed by atoms with Crippen LogP contribution in [0, 0.1) is 40.4 Å². The van der Waals surface area contributed by atoms with Gasteiger partial charge in [0.1, 0.15) is 53.2 Å². The molecule has 29 heteroatoms. The third kappa shape index (κ3) is 14.8.